The van der Waals surface area contributed by atoms with E-state index in [1.807, 2.05) is 0 Å². The smallest absolute Gasteiger partial charge is 0.00144 e. The Bertz CT molecular complexity index is 469. The van der Waals surface area contributed by atoms with Crippen LogP contribution in [0.3, 0.4) is 0 Å². The summed E-state index contributed by atoms with van der Waals surface area (Å²) in [6.45, 7) is 2.28. The third-order valence-corrected chi connectivity index (χ3v) is 4.64. The Hall–Kier alpha value is -0.820. The minimum absolute atomic E-state index is 1.25. The highest BCUT2D eigenvalue weighted by Crippen LogP contribution is 2.21. The van der Waals surface area contributed by atoms with Crippen molar-refractivity contribution in [1.29, 1.82) is 0 Å². The zero-order valence-corrected chi connectivity index (χ0v) is 13.0. The molecule has 0 nitrogen and oxygen atoms in total. The Balaban J connectivity index is 1.60. The quantitative estimate of drug-likeness (QED) is 0.453. The van der Waals surface area contributed by atoms with Crippen molar-refractivity contribution in [3.63, 3.8) is 0 Å². The summed E-state index contributed by atoms with van der Waals surface area (Å²) in [5.41, 5.74) is 1.51. The van der Waals surface area contributed by atoms with E-state index in [9.17, 15) is 0 Å². The lowest BCUT2D eigenvalue weighted by atomic mass is 10.0. The maximum Gasteiger partial charge on any atom is -0.00144 e. The van der Waals surface area contributed by atoms with Crippen LogP contribution in [0.2, 0.25) is 0 Å². The van der Waals surface area contributed by atoms with Crippen molar-refractivity contribution < 1.29 is 0 Å². The molecule has 0 aliphatic rings. The van der Waals surface area contributed by atoms with Gasteiger partial charge in [-0.3, -0.25) is 0 Å². The molecule has 0 aliphatic carbocycles. The third-order valence-electron chi connectivity index (χ3n) is 3.86. The summed E-state index contributed by atoms with van der Waals surface area (Å²) in [6.07, 6.45) is 12.5. The first kappa shape index (κ1) is 14.6. The highest BCUT2D eigenvalue weighted by molar-refractivity contribution is 7.09. The highest BCUT2D eigenvalue weighted by Gasteiger charge is 1.98. The van der Waals surface area contributed by atoms with Crippen LogP contribution in [0, 0.1) is 0 Å². The maximum atomic E-state index is 2.37. The summed E-state index contributed by atoms with van der Waals surface area (Å²) in [7, 11) is 0. The summed E-state index contributed by atoms with van der Waals surface area (Å²) in [6, 6.07) is 6.94. The lowest BCUT2D eigenvalue weighted by Gasteiger charge is -2.03. The van der Waals surface area contributed by atoms with Gasteiger partial charge in [0.15, 0.2) is 0 Å². The van der Waals surface area contributed by atoms with Gasteiger partial charge in [-0.15, -0.1) is 0 Å². The average molecular weight is 274 g/mol. The third kappa shape index (κ3) is 4.99. The molecule has 19 heavy (non-hydrogen) atoms. The van der Waals surface area contributed by atoms with Crippen molar-refractivity contribution in [3.05, 3.63) is 34.5 Å². The first-order valence-electron chi connectivity index (χ1n) is 7.85. The van der Waals surface area contributed by atoms with Crippen molar-refractivity contribution in [2.45, 2.75) is 64.7 Å². The van der Waals surface area contributed by atoms with Crippen LogP contribution < -0.4 is 0 Å². The summed E-state index contributed by atoms with van der Waals surface area (Å²) in [4.78, 5) is 0. The van der Waals surface area contributed by atoms with Crippen LogP contribution in [0.15, 0.2) is 29.0 Å². The van der Waals surface area contributed by atoms with Gasteiger partial charge in [0.1, 0.15) is 0 Å². The van der Waals surface area contributed by atoms with Crippen LogP contribution in [0.5, 0.6) is 0 Å². The van der Waals surface area contributed by atoms with E-state index in [1.54, 1.807) is 11.3 Å². The molecule has 0 atom stereocenters. The summed E-state index contributed by atoms with van der Waals surface area (Å²) in [5.74, 6) is 0. The number of benzene rings is 1. The molecule has 0 aliphatic heterocycles. The van der Waals surface area contributed by atoms with Gasteiger partial charge in [-0.1, -0.05) is 70.1 Å². The fourth-order valence-electron chi connectivity index (χ4n) is 2.63. The van der Waals surface area contributed by atoms with Gasteiger partial charge < -0.3 is 0 Å². The maximum absolute atomic E-state index is 2.37. The molecule has 1 aromatic heterocycles. The molecular weight excluding hydrogens is 248 g/mol. The molecule has 0 saturated carbocycles. The van der Waals surface area contributed by atoms with Crippen LogP contribution in [0.25, 0.3) is 10.8 Å². The molecule has 1 heterocycles. The van der Waals surface area contributed by atoms with Crippen molar-refractivity contribution in [3.8, 4) is 0 Å². The Morgan fingerprint density at radius 3 is 2.26 bits per heavy atom. The topological polar surface area (TPSA) is 0 Å². The zero-order chi connectivity index (χ0) is 13.3. The van der Waals surface area contributed by atoms with Gasteiger partial charge in [0.05, 0.1) is 0 Å². The summed E-state index contributed by atoms with van der Waals surface area (Å²) >= 11 is 1.80. The van der Waals surface area contributed by atoms with Gasteiger partial charge >= 0.3 is 0 Å². The second-order valence-corrected chi connectivity index (χ2v) is 6.30. The first-order chi connectivity index (χ1) is 9.40. The molecule has 0 N–H and O–H groups in total. The fraction of sp³-hybridized carbons (Fsp3) is 0.556. The number of aryl methyl sites for hydroxylation is 1. The Morgan fingerprint density at radius 1 is 0.789 bits per heavy atom. The van der Waals surface area contributed by atoms with Crippen LogP contribution in [-0.2, 0) is 6.42 Å². The van der Waals surface area contributed by atoms with Crippen LogP contribution in [0.4, 0.5) is 0 Å². The van der Waals surface area contributed by atoms with Crippen LogP contribution in [0.1, 0.15) is 63.9 Å². The van der Waals surface area contributed by atoms with Crippen molar-refractivity contribution in [2.24, 2.45) is 0 Å². The molecule has 2 aromatic rings. The SMILES string of the molecule is CCCCCCCCCCc1ccc2cscc2c1. The van der Waals surface area contributed by atoms with E-state index >= 15 is 0 Å². The van der Waals surface area contributed by atoms with E-state index < -0.39 is 0 Å². The number of thiophene rings is 1. The van der Waals surface area contributed by atoms with E-state index in [2.05, 4.69) is 35.9 Å². The molecule has 0 spiro atoms. The van der Waals surface area contributed by atoms with Gasteiger partial charge in [-0.25, -0.2) is 0 Å². The van der Waals surface area contributed by atoms with Crippen molar-refractivity contribution in [2.75, 3.05) is 0 Å². The van der Waals surface area contributed by atoms with Crippen LogP contribution >= 0.6 is 11.3 Å². The molecule has 1 aromatic carbocycles. The van der Waals surface area contributed by atoms with Crippen molar-refractivity contribution >= 4 is 22.1 Å². The Morgan fingerprint density at radius 2 is 1.47 bits per heavy atom. The molecule has 1 heteroatoms. The molecule has 0 fully saturated rings. The number of rotatable bonds is 9. The average Bonchev–Trinajstić information content (AvgIpc) is 2.89. The van der Waals surface area contributed by atoms with E-state index in [-0.39, 0.29) is 0 Å². The number of unbranched alkanes of at least 4 members (excludes halogenated alkanes) is 7. The molecule has 0 unspecified atom stereocenters. The van der Waals surface area contributed by atoms with E-state index in [0.29, 0.717) is 0 Å². The molecule has 104 valence electrons. The molecule has 0 saturated heterocycles. The number of hydrogen-bond donors (Lipinski definition) is 0. The molecule has 2 rings (SSSR count). The minimum Gasteiger partial charge on any atom is -0.151 e. The first-order valence-corrected chi connectivity index (χ1v) is 8.79. The van der Waals surface area contributed by atoms with Gasteiger partial charge in [0.2, 0.25) is 0 Å². The Labute approximate surface area is 121 Å². The molecule has 0 amide bonds. The number of hydrogen-bond acceptors (Lipinski definition) is 1. The van der Waals surface area contributed by atoms with Gasteiger partial charge in [-0.2, -0.15) is 11.3 Å². The highest BCUT2D eigenvalue weighted by atomic mass is 32.1. The predicted octanol–water partition coefficient (Wildman–Crippen LogP) is 6.58. The van der Waals surface area contributed by atoms with Crippen molar-refractivity contribution in [1.82, 2.24) is 0 Å². The second-order valence-electron chi connectivity index (χ2n) is 5.56. The van der Waals surface area contributed by atoms with Gasteiger partial charge in [0.25, 0.3) is 0 Å². The lowest BCUT2D eigenvalue weighted by Crippen LogP contribution is -1.86. The standard InChI is InChI=1S/C18H26S/c1-2-3-4-5-6-7-8-9-10-16-11-12-17-14-19-15-18(17)13-16/h11-15H,2-10H2,1H3. The summed E-state index contributed by atoms with van der Waals surface area (Å²) < 4.78 is 0. The molecular formula is C18H26S. The molecule has 0 bridgehead atoms. The lowest BCUT2D eigenvalue weighted by molar-refractivity contribution is 0.575. The van der Waals surface area contributed by atoms with E-state index in [0.717, 1.165) is 0 Å². The van der Waals surface area contributed by atoms with Crippen LogP contribution in [-0.4, -0.2) is 0 Å². The monoisotopic (exact) mass is 274 g/mol. The largest absolute Gasteiger partial charge is 0.151 e. The zero-order valence-electron chi connectivity index (χ0n) is 12.2. The summed E-state index contributed by atoms with van der Waals surface area (Å²) in [5, 5.41) is 7.30. The predicted molar refractivity (Wildman–Crippen MR) is 88.1 cm³/mol. The number of fused-ring (bicyclic) bond motifs is 1. The van der Waals surface area contributed by atoms with E-state index in [4.69, 9.17) is 0 Å². The van der Waals surface area contributed by atoms with Gasteiger partial charge in [-0.05, 0) is 39.9 Å². The fourth-order valence-corrected chi connectivity index (χ4v) is 3.41. The normalized spacial score (nSPS) is 11.2. The molecule has 0 radical (unpaired) electrons. The Kier molecular flexibility index (Phi) is 6.43. The van der Waals surface area contributed by atoms with Gasteiger partial charge in [0, 0.05) is 0 Å². The second kappa shape index (κ2) is 8.37. The minimum atomic E-state index is 1.25. The van der Waals surface area contributed by atoms with E-state index in [1.165, 1.54) is 74.1 Å².